The normalized spacial score (nSPS) is 17.2. The number of amides is 1. The number of rotatable bonds is 4. The zero-order chi connectivity index (χ0) is 17.5. The van der Waals surface area contributed by atoms with Gasteiger partial charge in [0, 0.05) is 35.3 Å². The lowest BCUT2D eigenvalue weighted by Gasteiger charge is -2.25. The van der Waals surface area contributed by atoms with Crippen molar-refractivity contribution in [2.24, 2.45) is 5.92 Å². The first-order chi connectivity index (χ1) is 12.8. The van der Waals surface area contributed by atoms with Crippen molar-refractivity contribution in [1.29, 1.82) is 0 Å². The molecule has 26 heavy (non-hydrogen) atoms. The summed E-state index contributed by atoms with van der Waals surface area (Å²) in [6.07, 6.45) is 4.88. The maximum Gasteiger partial charge on any atom is 0.270 e. The van der Waals surface area contributed by atoms with Crippen LogP contribution in [0.25, 0.3) is 10.9 Å². The number of carbonyl (C=O) groups excluding carboxylic acids is 1. The Kier molecular flexibility index (Phi) is 3.93. The second kappa shape index (κ2) is 6.43. The molecule has 2 N–H and O–H groups in total. The fourth-order valence-electron chi connectivity index (χ4n) is 3.73. The Morgan fingerprint density at radius 1 is 1.35 bits per heavy atom. The Morgan fingerprint density at radius 3 is 3.04 bits per heavy atom. The average molecular weight is 366 g/mol. The van der Waals surface area contributed by atoms with Gasteiger partial charge in [0.1, 0.15) is 5.69 Å². The molecule has 3 aromatic rings. The van der Waals surface area contributed by atoms with Crippen molar-refractivity contribution < 1.29 is 4.79 Å². The Morgan fingerprint density at radius 2 is 2.23 bits per heavy atom. The topological polar surface area (TPSA) is 61.0 Å². The summed E-state index contributed by atoms with van der Waals surface area (Å²) in [4.78, 5) is 24.1. The summed E-state index contributed by atoms with van der Waals surface area (Å²) in [5.41, 5.74) is 2.84. The van der Waals surface area contributed by atoms with Gasteiger partial charge in [-0.15, -0.1) is 0 Å². The predicted molar refractivity (Wildman–Crippen MR) is 105 cm³/mol. The van der Waals surface area contributed by atoms with Gasteiger partial charge in [-0.1, -0.05) is 36.0 Å². The van der Waals surface area contributed by atoms with Gasteiger partial charge >= 0.3 is 0 Å². The number of hydrogen-bond acceptors (Lipinski definition) is 4. The van der Waals surface area contributed by atoms with E-state index in [-0.39, 0.29) is 5.91 Å². The predicted octanol–water partition coefficient (Wildman–Crippen LogP) is 4.03. The van der Waals surface area contributed by atoms with Crippen LogP contribution in [0.2, 0.25) is 0 Å². The lowest BCUT2D eigenvalue weighted by Crippen LogP contribution is -2.35. The number of anilines is 1. The molecule has 6 heteroatoms. The standard InChI is InChI=1S/C20H22N4OS/c25-19(17-10-14-6-1-2-7-15(14)22-17)24-9-8-16-18(12-24)26-20(23-16)21-11-13-4-3-5-13/h1-2,6-7,10,13,22H,3-5,8-9,11-12H2,(H,21,23). The van der Waals surface area contributed by atoms with E-state index in [2.05, 4.69) is 10.3 Å². The van der Waals surface area contributed by atoms with Gasteiger partial charge in [0.2, 0.25) is 0 Å². The fraction of sp³-hybridized carbons (Fsp3) is 0.400. The molecule has 5 rings (SSSR count). The van der Waals surface area contributed by atoms with E-state index in [0.29, 0.717) is 12.2 Å². The van der Waals surface area contributed by atoms with E-state index in [9.17, 15) is 4.79 Å². The second-order valence-electron chi connectivity index (χ2n) is 7.31. The van der Waals surface area contributed by atoms with Gasteiger partial charge in [0.05, 0.1) is 12.2 Å². The first-order valence-electron chi connectivity index (χ1n) is 9.36. The van der Waals surface area contributed by atoms with Crippen LogP contribution in [-0.4, -0.2) is 33.9 Å². The van der Waals surface area contributed by atoms with E-state index in [1.165, 1.54) is 24.1 Å². The van der Waals surface area contributed by atoms with Crippen molar-refractivity contribution in [3.05, 3.63) is 46.6 Å². The zero-order valence-electron chi connectivity index (χ0n) is 14.6. The number of fused-ring (bicyclic) bond motifs is 2. The number of nitrogens with one attached hydrogen (secondary N) is 2. The van der Waals surface area contributed by atoms with Crippen LogP contribution >= 0.6 is 11.3 Å². The highest BCUT2D eigenvalue weighted by molar-refractivity contribution is 7.15. The largest absolute Gasteiger partial charge is 0.361 e. The number of aromatic nitrogens is 2. The van der Waals surface area contributed by atoms with Crippen LogP contribution in [0.3, 0.4) is 0 Å². The maximum absolute atomic E-state index is 12.9. The summed E-state index contributed by atoms with van der Waals surface area (Å²) < 4.78 is 0. The summed E-state index contributed by atoms with van der Waals surface area (Å²) in [6.45, 7) is 2.42. The molecular weight excluding hydrogens is 344 g/mol. The van der Waals surface area contributed by atoms with Gasteiger partial charge in [-0.05, 0) is 30.9 Å². The molecule has 0 bridgehead atoms. The number of aromatic amines is 1. The van der Waals surface area contributed by atoms with Crippen LogP contribution < -0.4 is 5.32 Å². The van der Waals surface area contributed by atoms with Crippen molar-refractivity contribution in [2.45, 2.75) is 32.2 Å². The third-order valence-electron chi connectivity index (χ3n) is 5.55. The highest BCUT2D eigenvalue weighted by Crippen LogP contribution is 2.31. The lowest BCUT2D eigenvalue weighted by molar-refractivity contribution is 0.0731. The first kappa shape index (κ1) is 15.9. The van der Waals surface area contributed by atoms with E-state index >= 15 is 0 Å². The molecule has 0 atom stereocenters. The molecule has 3 heterocycles. The molecule has 2 aromatic heterocycles. The van der Waals surface area contributed by atoms with Crippen LogP contribution in [0.1, 0.15) is 40.3 Å². The van der Waals surface area contributed by atoms with E-state index in [0.717, 1.165) is 47.2 Å². The van der Waals surface area contributed by atoms with Crippen LogP contribution in [0.15, 0.2) is 30.3 Å². The van der Waals surface area contributed by atoms with Crippen LogP contribution in [-0.2, 0) is 13.0 Å². The average Bonchev–Trinajstić information content (AvgIpc) is 3.22. The molecule has 1 saturated carbocycles. The molecule has 1 aliphatic carbocycles. The maximum atomic E-state index is 12.9. The molecule has 0 radical (unpaired) electrons. The van der Waals surface area contributed by atoms with Crippen LogP contribution in [0.4, 0.5) is 5.13 Å². The van der Waals surface area contributed by atoms with Gasteiger partial charge in [-0.3, -0.25) is 4.79 Å². The van der Waals surface area contributed by atoms with Gasteiger partial charge in [-0.25, -0.2) is 4.98 Å². The number of carbonyl (C=O) groups is 1. The minimum Gasteiger partial charge on any atom is -0.361 e. The molecule has 1 aliphatic heterocycles. The number of nitrogens with zero attached hydrogens (tertiary/aromatic N) is 2. The molecular formula is C20H22N4OS. The summed E-state index contributed by atoms with van der Waals surface area (Å²) in [6, 6.07) is 9.96. The summed E-state index contributed by atoms with van der Waals surface area (Å²) in [5.74, 6) is 0.889. The summed E-state index contributed by atoms with van der Waals surface area (Å²) in [7, 11) is 0. The fourth-order valence-corrected chi connectivity index (χ4v) is 4.76. The summed E-state index contributed by atoms with van der Waals surface area (Å²) >= 11 is 1.71. The molecule has 0 saturated heterocycles. The number of H-pyrrole nitrogens is 1. The molecule has 0 unspecified atom stereocenters. The van der Waals surface area contributed by atoms with Crippen molar-refractivity contribution in [2.75, 3.05) is 18.4 Å². The van der Waals surface area contributed by atoms with Crippen LogP contribution in [0.5, 0.6) is 0 Å². The molecule has 1 amide bonds. The molecule has 134 valence electrons. The highest BCUT2D eigenvalue weighted by Gasteiger charge is 2.26. The minimum atomic E-state index is 0.0734. The Hall–Kier alpha value is -2.34. The Bertz CT molecular complexity index is 923. The smallest absolute Gasteiger partial charge is 0.270 e. The Balaban J connectivity index is 1.29. The van der Waals surface area contributed by atoms with Gasteiger partial charge in [-0.2, -0.15) is 0 Å². The molecule has 2 aliphatic rings. The van der Waals surface area contributed by atoms with Crippen molar-refractivity contribution >= 4 is 33.3 Å². The third-order valence-corrected chi connectivity index (χ3v) is 6.59. The van der Waals surface area contributed by atoms with Crippen molar-refractivity contribution in [3.63, 3.8) is 0 Å². The van der Waals surface area contributed by atoms with E-state index in [4.69, 9.17) is 4.98 Å². The van der Waals surface area contributed by atoms with E-state index < -0.39 is 0 Å². The third kappa shape index (κ3) is 2.88. The highest BCUT2D eigenvalue weighted by atomic mass is 32.1. The van der Waals surface area contributed by atoms with Gasteiger partial charge in [0.25, 0.3) is 5.91 Å². The van der Waals surface area contributed by atoms with Crippen molar-refractivity contribution in [1.82, 2.24) is 14.9 Å². The Labute approximate surface area is 156 Å². The first-order valence-corrected chi connectivity index (χ1v) is 10.2. The molecule has 1 fully saturated rings. The van der Waals surface area contributed by atoms with Crippen molar-refractivity contribution in [3.8, 4) is 0 Å². The summed E-state index contributed by atoms with van der Waals surface area (Å²) in [5, 5.41) is 5.59. The monoisotopic (exact) mass is 366 g/mol. The molecule has 1 aromatic carbocycles. The number of hydrogen-bond donors (Lipinski definition) is 2. The lowest BCUT2D eigenvalue weighted by atomic mass is 9.86. The number of para-hydroxylation sites is 1. The second-order valence-corrected chi connectivity index (χ2v) is 8.40. The van der Waals surface area contributed by atoms with E-state index in [1.807, 2.05) is 35.2 Å². The van der Waals surface area contributed by atoms with Gasteiger partial charge in [0.15, 0.2) is 5.13 Å². The van der Waals surface area contributed by atoms with Gasteiger partial charge < -0.3 is 15.2 Å². The molecule has 0 spiro atoms. The molecule has 5 nitrogen and oxygen atoms in total. The zero-order valence-corrected chi connectivity index (χ0v) is 15.4. The number of benzene rings is 1. The van der Waals surface area contributed by atoms with E-state index in [1.54, 1.807) is 11.3 Å². The quantitative estimate of drug-likeness (QED) is 0.733. The minimum absolute atomic E-state index is 0.0734. The van der Waals surface area contributed by atoms with Crippen LogP contribution in [0, 0.1) is 5.92 Å². The number of thiazole rings is 1. The SMILES string of the molecule is O=C(c1cc2ccccc2[nH]1)N1CCc2nc(NCC3CCC3)sc2C1.